The van der Waals surface area contributed by atoms with E-state index in [1.807, 2.05) is 25.3 Å². The van der Waals surface area contributed by atoms with Gasteiger partial charge in [0.2, 0.25) is 0 Å². The van der Waals surface area contributed by atoms with Crippen molar-refractivity contribution in [2.45, 2.75) is 0 Å². The summed E-state index contributed by atoms with van der Waals surface area (Å²) in [7, 11) is 3.75. The van der Waals surface area contributed by atoms with E-state index < -0.39 is 0 Å². The first-order valence-corrected chi connectivity index (χ1v) is 3.03. The number of nitrogens with zero attached hydrogens (tertiary/aromatic N) is 2. The summed E-state index contributed by atoms with van der Waals surface area (Å²) in [4.78, 5) is 0. The first kappa shape index (κ1) is 6.80. The van der Waals surface area contributed by atoms with Gasteiger partial charge in [0.1, 0.15) is 5.82 Å². The normalized spacial score (nSPS) is 18.6. The average Bonchev–Trinajstić information content (AvgIpc) is 1.93. The van der Waals surface area contributed by atoms with Gasteiger partial charge in [-0.1, -0.05) is 0 Å². The van der Waals surface area contributed by atoms with Crippen molar-refractivity contribution in [3.8, 4) is 0 Å². The molecular weight excluding hydrogens is 128 g/mol. The number of hydrazine groups is 1. The van der Waals surface area contributed by atoms with Crippen LogP contribution in [0.25, 0.3) is 0 Å². The summed E-state index contributed by atoms with van der Waals surface area (Å²) in [5, 5.41) is 3.63. The molecule has 0 unspecified atom stereocenters. The van der Waals surface area contributed by atoms with Gasteiger partial charge in [-0.15, -0.1) is 0 Å². The molecule has 0 amide bonds. The highest BCUT2D eigenvalue weighted by atomic mass is 15.6. The van der Waals surface area contributed by atoms with Crippen LogP contribution in [-0.2, 0) is 0 Å². The maximum absolute atomic E-state index is 5.60. The molecule has 0 bridgehead atoms. The van der Waals surface area contributed by atoms with Crippen LogP contribution in [0.4, 0.5) is 0 Å². The molecule has 4 heteroatoms. The summed E-state index contributed by atoms with van der Waals surface area (Å²) in [5.74, 6) is 0.588. The molecule has 4 nitrogen and oxygen atoms in total. The SMILES string of the molecule is CN1C=CC(N)=C(N)N1C. The minimum Gasteiger partial charge on any atom is -0.396 e. The summed E-state index contributed by atoms with van der Waals surface area (Å²) in [5.41, 5.74) is 11.7. The lowest BCUT2D eigenvalue weighted by molar-refractivity contribution is 0.117. The Balaban J connectivity index is 2.88. The Kier molecular flexibility index (Phi) is 1.45. The molecule has 4 N–H and O–H groups in total. The van der Waals surface area contributed by atoms with Gasteiger partial charge in [0.05, 0.1) is 5.70 Å². The first-order valence-electron chi connectivity index (χ1n) is 3.03. The zero-order valence-corrected chi connectivity index (χ0v) is 6.20. The topological polar surface area (TPSA) is 58.5 Å². The van der Waals surface area contributed by atoms with E-state index in [0.29, 0.717) is 11.5 Å². The van der Waals surface area contributed by atoms with Crippen LogP contribution in [0.1, 0.15) is 0 Å². The van der Waals surface area contributed by atoms with Crippen LogP contribution in [0.2, 0.25) is 0 Å². The molecule has 0 atom stereocenters. The lowest BCUT2D eigenvalue weighted by Crippen LogP contribution is -2.39. The second-order valence-corrected chi connectivity index (χ2v) is 2.25. The zero-order chi connectivity index (χ0) is 7.72. The monoisotopic (exact) mass is 140 g/mol. The van der Waals surface area contributed by atoms with Gasteiger partial charge in [0.25, 0.3) is 0 Å². The third-order valence-electron chi connectivity index (χ3n) is 1.59. The predicted octanol–water partition coefficient (Wildman–Crippen LogP) is -0.621. The number of hydrogen-bond acceptors (Lipinski definition) is 4. The van der Waals surface area contributed by atoms with Crippen LogP contribution in [0, 0.1) is 0 Å². The number of allylic oxidation sites excluding steroid dienone is 1. The van der Waals surface area contributed by atoms with Crippen LogP contribution in [0.5, 0.6) is 0 Å². The van der Waals surface area contributed by atoms with Gasteiger partial charge in [0.15, 0.2) is 0 Å². The third kappa shape index (κ3) is 0.877. The Morgan fingerprint density at radius 1 is 1.30 bits per heavy atom. The molecule has 0 aromatic heterocycles. The maximum atomic E-state index is 5.60. The fourth-order valence-corrected chi connectivity index (χ4v) is 0.730. The Labute approximate surface area is 60.3 Å². The molecular formula is C6H12N4. The van der Waals surface area contributed by atoms with E-state index in [2.05, 4.69) is 0 Å². The molecule has 1 heterocycles. The lowest BCUT2D eigenvalue weighted by Gasteiger charge is -2.32. The lowest BCUT2D eigenvalue weighted by atomic mass is 10.4. The zero-order valence-electron chi connectivity index (χ0n) is 6.20. The van der Waals surface area contributed by atoms with Crippen molar-refractivity contribution >= 4 is 0 Å². The minimum atomic E-state index is 0.588. The largest absolute Gasteiger partial charge is 0.396 e. The van der Waals surface area contributed by atoms with Crippen LogP contribution in [0.3, 0.4) is 0 Å². The van der Waals surface area contributed by atoms with E-state index >= 15 is 0 Å². The molecule has 1 rings (SSSR count). The maximum Gasteiger partial charge on any atom is 0.141 e. The van der Waals surface area contributed by atoms with Gasteiger partial charge in [-0.2, -0.15) is 0 Å². The van der Waals surface area contributed by atoms with Crippen molar-refractivity contribution in [1.82, 2.24) is 10.0 Å². The number of nitrogens with two attached hydrogens (primary N) is 2. The van der Waals surface area contributed by atoms with E-state index in [1.54, 1.807) is 11.1 Å². The second-order valence-electron chi connectivity index (χ2n) is 2.25. The van der Waals surface area contributed by atoms with Gasteiger partial charge in [-0.05, 0) is 6.08 Å². The van der Waals surface area contributed by atoms with Crippen LogP contribution in [-0.4, -0.2) is 24.1 Å². The molecule has 0 fully saturated rings. The molecule has 1 aliphatic rings. The molecule has 1 aliphatic heterocycles. The van der Waals surface area contributed by atoms with Crippen molar-refractivity contribution in [2.24, 2.45) is 11.5 Å². The standard InChI is InChI=1S/C6H12N4/c1-9-4-3-5(7)6(8)10(9)2/h3-4H,7-8H2,1-2H3. The smallest absolute Gasteiger partial charge is 0.141 e. The summed E-state index contributed by atoms with van der Waals surface area (Å²) in [6.45, 7) is 0. The van der Waals surface area contributed by atoms with Crippen molar-refractivity contribution in [3.63, 3.8) is 0 Å². The van der Waals surface area contributed by atoms with E-state index in [-0.39, 0.29) is 0 Å². The minimum absolute atomic E-state index is 0.588. The van der Waals surface area contributed by atoms with Crippen LogP contribution >= 0.6 is 0 Å². The Hall–Kier alpha value is -1.32. The van der Waals surface area contributed by atoms with E-state index in [0.717, 1.165) is 0 Å². The van der Waals surface area contributed by atoms with Gasteiger partial charge in [-0.25, -0.2) is 0 Å². The Bertz CT molecular complexity index is 194. The quantitative estimate of drug-likeness (QED) is 0.471. The Morgan fingerprint density at radius 2 is 1.90 bits per heavy atom. The summed E-state index contributed by atoms with van der Waals surface area (Å²) >= 11 is 0. The average molecular weight is 140 g/mol. The molecule has 0 aliphatic carbocycles. The van der Waals surface area contributed by atoms with Crippen molar-refractivity contribution < 1.29 is 0 Å². The number of rotatable bonds is 0. The number of hydrogen-bond donors (Lipinski definition) is 2. The summed E-state index contributed by atoms with van der Waals surface area (Å²) in [6, 6.07) is 0. The van der Waals surface area contributed by atoms with Crippen molar-refractivity contribution in [3.05, 3.63) is 23.8 Å². The Morgan fingerprint density at radius 3 is 2.40 bits per heavy atom. The van der Waals surface area contributed by atoms with Gasteiger partial charge >= 0.3 is 0 Å². The highest BCUT2D eigenvalue weighted by molar-refractivity contribution is 5.21. The molecule has 10 heavy (non-hydrogen) atoms. The van der Waals surface area contributed by atoms with Crippen LogP contribution in [0.15, 0.2) is 23.8 Å². The van der Waals surface area contributed by atoms with Gasteiger partial charge < -0.3 is 11.5 Å². The van der Waals surface area contributed by atoms with Crippen molar-refractivity contribution in [2.75, 3.05) is 14.1 Å². The molecule has 0 aromatic carbocycles. The summed E-state index contributed by atoms with van der Waals surface area (Å²) < 4.78 is 0. The van der Waals surface area contributed by atoms with E-state index in [9.17, 15) is 0 Å². The van der Waals surface area contributed by atoms with Crippen LogP contribution < -0.4 is 11.5 Å². The molecule has 0 aromatic rings. The fourth-order valence-electron chi connectivity index (χ4n) is 0.730. The molecule has 0 saturated carbocycles. The third-order valence-corrected chi connectivity index (χ3v) is 1.59. The fraction of sp³-hybridized carbons (Fsp3) is 0.333. The molecule has 56 valence electrons. The summed E-state index contributed by atoms with van der Waals surface area (Å²) in [6.07, 6.45) is 3.63. The highest BCUT2D eigenvalue weighted by Gasteiger charge is 2.09. The molecule has 0 spiro atoms. The van der Waals surface area contributed by atoms with E-state index in [4.69, 9.17) is 11.5 Å². The van der Waals surface area contributed by atoms with Gasteiger partial charge in [-0.3, -0.25) is 10.0 Å². The van der Waals surface area contributed by atoms with Crippen molar-refractivity contribution in [1.29, 1.82) is 0 Å². The second kappa shape index (κ2) is 2.13. The van der Waals surface area contributed by atoms with Gasteiger partial charge in [0, 0.05) is 20.3 Å². The molecule has 0 saturated heterocycles. The molecule has 0 radical (unpaired) electrons. The predicted molar refractivity (Wildman–Crippen MR) is 40.1 cm³/mol. The highest BCUT2D eigenvalue weighted by Crippen LogP contribution is 2.08. The van der Waals surface area contributed by atoms with E-state index in [1.165, 1.54) is 0 Å². The first-order chi connectivity index (χ1) is 4.63.